The van der Waals surface area contributed by atoms with Crippen LogP contribution in [0.1, 0.15) is 24.0 Å². The Morgan fingerprint density at radius 2 is 2.15 bits per heavy atom. The maximum Gasteiger partial charge on any atom is 0.250 e. The number of rotatable bonds is 0. The van der Waals surface area contributed by atoms with Crippen LogP contribution in [0.2, 0.25) is 0 Å². The monoisotopic (exact) mass is 281 g/mol. The van der Waals surface area contributed by atoms with Crippen molar-refractivity contribution in [3.8, 4) is 0 Å². The van der Waals surface area contributed by atoms with E-state index in [1.807, 2.05) is 6.08 Å². The summed E-state index contributed by atoms with van der Waals surface area (Å²) in [6, 6.07) is 8.43. The standard InChI is InChI=1S/C17H12ClNO/c18-13-6-5-11-9-7-8-17(12-4-2-1-3-10(9)12)15(11)14(13)16(20)19-17/h1-6,13H,7-8H2,(H,19,20). The normalized spacial score (nSPS) is 32.5. The van der Waals surface area contributed by atoms with Crippen molar-refractivity contribution in [1.29, 1.82) is 0 Å². The minimum absolute atomic E-state index is 0.000182. The number of fused-ring (bicyclic) bond motifs is 1. The predicted octanol–water partition coefficient (Wildman–Crippen LogP) is 3.05. The summed E-state index contributed by atoms with van der Waals surface area (Å²) < 4.78 is 0. The molecule has 1 amide bonds. The molecular formula is C17H12ClNO. The number of hydrogen-bond donors (Lipinski definition) is 1. The first-order valence-electron chi connectivity index (χ1n) is 6.95. The Morgan fingerprint density at radius 3 is 3.05 bits per heavy atom. The molecule has 2 nitrogen and oxygen atoms in total. The van der Waals surface area contributed by atoms with E-state index < -0.39 is 0 Å². The summed E-state index contributed by atoms with van der Waals surface area (Å²) in [6.07, 6.45) is 6.01. The maximum atomic E-state index is 12.4. The van der Waals surface area contributed by atoms with E-state index in [0.29, 0.717) is 0 Å². The summed E-state index contributed by atoms with van der Waals surface area (Å²) in [5, 5.41) is 2.94. The van der Waals surface area contributed by atoms with Crippen LogP contribution in [0.4, 0.5) is 0 Å². The molecule has 98 valence electrons. The Bertz CT molecular complexity index is 786. The number of hydrogen-bond acceptors (Lipinski definition) is 1. The summed E-state index contributed by atoms with van der Waals surface area (Å²) in [6.45, 7) is 0. The Hall–Kier alpha value is -1.80. The van der Waals surface area contributed by atoms with Crippen LogP contribution in [0.25, 0.3) is 5.57 Å². The van der Waals surface area contributed by atoms with E-state index in [0.717, 1.165) is 24.0 Å². The number of benzene rings is 1. The lowest BCUT2D eigenvalue weighted by Gasteiger charge is -2.45. The van der Waals surface area contributed by atoms with Crippen molar-refractivity contribution in [3.63, 3.8) is 0 Å². The van der Waals surface area contributed by atoms with Gasteiger partial charge in [0.25, 0.3) is 0 Å². The second-order valence-electron chi connectivity index (χ2n) is 5.85. The van der Waals surface area contributed by atoms with Gasteiger partial charge in [0.2, 0.25) is 5.91 Å². The van der Waals surface area contributed by atoms with E-state index in [9.17, 15) is 4.79 Å². The lowest BCUT2D eigenvalue weighted by molar-refractivity contribution is -0.118. The van der Waals surface area contributed by atoms with E-state index in [4.69, 9.17) is 11.6 Å². The van der Waals surface area contributed by atoms with Gasteiger partial charge in [-0.2, -0.15) is 0 Å². The summed E-state index contributed by atoms with van der Waals surface area (Å²) in [7, 11) is 0. The van der Waals surface area contributed by atoms with Gasteiger partial charge >= 0.3 is 0 Å². The quantitative estimate of drug-likeness (QED) is 0.728. The Balaban J connectivity index is 1.97. The Morgan fingerprint density at radius 1 is 1.30 bits per heavy atom. The summed E-state index contributed by atoms with van der Waals surface area (Å²) in [5.41, 5.74) is 6.68. The number of halogens is 1. The molecule has 1 N–H and O–H groups in total. The molecular weight excluding hydrogens is 270 g/mol. The lowest BCUT2D eigenvalue weighted by atomic mass is 9.61. The van der Waals surface area contributed by atoms with Crippen LogP contribution in [0.15, 0.2) is 53.1 Å². The molecule has 20 heavy (non-hydrogen) atoms. The molecule has 4 aliphatic carbocycles. The fourth-order valence-electron chi connectivity index (χ4n) is 4.29. The van der Waals surface area contributed by atoms with E-state index in [1.54, 1.807) is 0 Å². The Labute approximate surface area is 121 Å². The fourth-order valence-corrected chi connectivity index (χ4v) is 4.57. The van der Waals surface area contributed by atoms with E-state index >= 15 is 0 Å². The van der Waals surface area contributed by atoms with Gasteiger partial charge in [0, 0.05) is 11.1 Å². The molecule has 0 radical (unpaired) electrons. The van der Waals surface area contributed by atoms with Crippen molar-refractivity contribution in [2.45, 2.75) is 23.8 Å². The van der Waals surface area contributed by atoms with Crippen molar-refractivity contribution in [2.24, 2.45) is 0 Å². The maximum absolute atomic E-state index is 12.4. The fraction of sp³-hybridized carbons (Fsp3) is 0.235. The number of allylic oxidation sites excluding steroid dienone is 3. The van der Waals surface area contributed by atoms with Crippen molar-refractivity contribution >= 4 is 23.1 Å². The molecule has 1 spiro atoms. The first kappa shape index (κ1) is 10.9. The zero-order valence-corrected chi connectivity index (χ0v) is 11.5. The van der Waals surface area contributed by atoms with Crippen molar-refractivity contribution in [3.05, 3.63) is 64.3 Å². The topological polar surface area (TPSA) is 29.1 Å². The third kappa shape index (κ3) is 0.999. The summed E-state index contributed by atoms with van der Waals surface area (Å²) in [4.78, 5) is 12.4. The highest BCUT2D eigenvalue weighted by molar-refractivity contribution is 6.28. The van der Waals surface area contributed by atoms with Crippen LogP contribution in [0.3, 0.4) is 0 Å². The second-order valence-corrected chi connectivity index (χ2v) is 6.32. The van der Waals surface area contributed by atoms with Gasteiger partial charge in [0.15, 0.2) is 0 Å². The van der Waals surface area contributed by atoms with Gasteiger partial charge in [-0.25, -0.2) is 0 Å². The van der Waals surface area contributed by atoms with Crippen LogP contribution in [0, 0.1) is 0 Å². The highest BCUT2D eigenvalue weighted by Crippen LogP contribution is 2.59. The number of amides is 1. The second kappa shape index (κ2) is 3.26. The van der Waals surface area contributed by atoms with Crippen LogP contribution in [-0.4, -0.2) is 11.3 Å². The molecule has 0 saturated carbocycles. The smallest absolute Gasteiger partial charge is 0.250 e. The van der Waals surface area contributed by atoms with E-state index in [1.165, 1.54) is 22.3 Å². The molecule has 2 bridgehead atoms. The zero-order valence-electron chi connectivity index (χ0n) is 10.7. The molecule has 5 aliphatic rings. The summed E-state index contributed by atoms with van der Waals surface area (Å²) in [5.74, 6) is -0.000182. The zero-order chi connectivity index (χ0) is 13.5. The molecule has 6 rings (SSSR count). The number of carbonyl (C=O) groups excluding carboxylic acids is 1. The van der Waals surface area contributed by atoms with Crippen LogP contribution < -0.4 is 5.32 Å². The molecule has 1 aliphatic heterocycles. The average molecular weight is 282 g/mol. The van der Waals surface area contributed by atoms with Gasteiger partial charge in [-0.3, -0.25) is 4.79 Å². The number of alkyl halides is 1. The van der Waals surface area contributed by atoms with E-state index in [2.05, 4.69) is 35.7 Å². The molecule has 2 atom stereocenters. The van der Waals surface area contributed by atoms with Gasteiger partial charge in [-0.1, -0.05) is 36.4 Å². The SMILES string of the molecule is O=C1NC23CCC(=C4C=CC(Cl)C1=C42)c1ccccc13. The lowest BCUT2D eigenvalue weighted by Crippen LogP contribution is -2.46. The molecule has 3 heteroatoms. The van der Waals surface area contributed by atoms with Crippen molar-refractivity contribution < 1.29 is 4.79 Å². The minimum atomic E-state index is -0.335. The van der Waals surface area contributed by atoms with E-state index in [-0.39, 0.29) is 16.8 Å². The molecule has 0 saturated heterocycles. The van der Waals surface area contributed by atoms with Crippen LogP contribution in [0.5, 0.6) is 0 Å². The van der Waals surface area contributed by atoms with Gasteiger partial charge < -0.3 is 5.32 Å². The van der Waals surface area contributed by atoms with Gasteiger partial charge in [-0.15, -0.1) is 11.6 Å². The van der Waals surface area contributed by atoms with Crippen LogP contribution in [-0.2, 0) is 10.3 Å². The molecule has 0 aromatic heterocycles. The Kier molecular flexibility index (Phi) is 1.78. The minimum Gasteiger partial charge on any atom is -0.339 e. The van der Waals surface area contributed by atoms with Gasteiger partial charge in [0.05, 0.1) is 10.9 Å². The van der Waals surface area contributed by atoms with Crippen molar-refractivity contribution in [2.75, 3.05) is 0 Å². The molecule has 1 aromatic rings. The highest BCUT2D eigenvalue weighted by Gasteiger charge is 2.55. The largest absolute Gasteiger partial charge is 0.339 e. The molecule has 0 fully saturated rings. The predicted molar refractivity (Wildman–Crippen MR) is 78.2 cm³/mol. The summed E-state index contributed by atoms with van der Waals surface area (Å²) >= 11 is 6.36. The first-order chi connectivity index (χ1) is 9.72. The third-order valence-electron chi connectivity index (χ3n) is 5.03. The highest BCUT2D eigenvalue weighted by atomic mass is 35.5. The molecule has 1 heterocycles. The van der Waals surface area contributed by atoms with Crippen molar-refractivity contribution in [1.82, 2.24) is 5.32 Å². The van der Waals surface area contributed by atoms with Crippen LogP contribution >= 0.6 is 11.6 Å². The third-order valence-corrected chi connectivity index (χ3v) is 5.40. The average Bonchev–Trinajstić information content (AvgIpc) is 2.78. The molecule has 1 aromatic carbocycles. The first-order valence-corrected chi connectivity index (χ1v) is 7.39. The molecule has 2 unspecified atom stereocenters. The number of nitrogens with one attached hydrogen (secondary N) is 1. The number of carbonyl (C=O) groups is 1. The van der Waals surface area contributed by atoms with Gasteiger partial charge in [0.1, 0.15) is 0 Å². The van der Waals surface area contributed by atoms with Gasteiger partial charge in [-0.05, 0) is 35.1 Å².